The van der Waals surface area contributed by atoms with Crippen LogP contribution in [0, 0.1) is 0 Å². The molecule has 0 spiro atoms. The van der Waals surface area contributed by atoms with Gasteiger partial charge in [-0.1, -0.05) is 32.1 Å². The van der Waals surface area contributed by atoms with Gasteiger partial charge in [-0.25, -0.2) is 9.59 Å². The van der Waals surface area contributed by atoms with E-state index < -0.39 is 5.97 Å². The van der Waals surface area contributed by atoms with Crippen molar-refractivity contribution < 1.29 is 19.1 Å². The van der Waals surface area contributed by atoms with E-state index in [4.69, 9.17) is 9.47 Å². The topological polar surface area (TPSA) is 52.6 Å². The summed E-state index contributed by atoms with van der Waals surface area (Å²) in [7, 11) is 0. The Morgan fingerprint density at radius 3 is 2.48 bits per heavy atom. The Morgan fingerprint density at radius 1 is 1.24 bits per heavy atom. The van der Waals surface area contributed by atoms with Gasteiger partial charge in [0, 0.05) is 11.6 Å². The van der Waals surface area contributed by atoms with Crippen molar-refractivity contribution in [3.63, 3.8) is 0 Å². The van der Waals surface area contributed by atoms with Crippen molar-refractivity contribution >= 4 is 18.0 Å². The van der Waals surface area contributed by atoms with Crippen molar-refractivity contribution in [2.45, 2.75) is 26.7 Å². The summed E-state index contributed by atoms with van der Waals surface area (Å²) in [4.78, 5) is 22.7. The summed E-state index contributed by atoms with van der Waals surface area (Å²) in [5, 5.41) is 0. The normalized spacial score (nSPS) is 10.4. The van der Waals surface area contributed by atoms with Crippen molar-refractivity contribution in [2.24, 2.45) is 0 Å². The van der Waals surface area contributed by atoms with Crippen LogP contribution in [0.3, 0.4) is 0 Å². The molecule has 0 heterocycles. The number of hydrogen-bond acceptors (Lipinski definition) is 4. The number of benzene rings is 1. The maximum Gasteiger partial charge on any atom is 0.338 e. The number of hydrogen-bond donors (Lipinski definition) is 0. The fourth-order valence-corrected chi connectivity index (χ4v) is 1.37. The van der Waals surface area contributed by atoms with Gasteiger partial charge < -0.3 is 9.47 Å². The summed E-state index contributed by atoms with van der Waals surface area (Å²) in [6, 6.07) is 6.81. The molecule has 0 N–H and O–H groups in total. The zero-order valence-electron chi connectivity index (χ0n) is 12.4. The van der Waals surface area contributed by atoms with Gasteiger partial charge in [0.15, 0.2) is 0 Å². The van der Waals surface area contributed by atoms with Crippen LogP contribution in [-0.4, -0.2) is 18.5 Å². The van der Waals surface area contributed by atoms with Crippen molar-refractivity contribution in [1.29, 1.82) is 0 Å². The van der Waals surface area contributed by atoms with E-state index in [-0.39, 0.29) is 5.97 Å². The maximum atomic E-state index is 11.4. The molecule has 4 nitrogen and oxygen atoms in total. The van der Waals surface area contributed by atoms with E-state index >= 15 is 0 Å². The molecule has 1 rings (SSSR count). The molecule has 0 aliphatic heterocycles. The van der Waals surface area contributed by atoms with Crippen LogP contribution in [0.1, 0.15) is 32.3 Å². The van der Waals surface area contributed by atoms with Crippen LogP contribution >= 0.6 is 0 Å². The van der Waals surface area contributed by atoms with Crippen molar-refractivity contribution in [3.05, 3.63) is 48.1 Å². The van der Waals surface area contributed by atoms with Crippen LogP contribution in [0.2, 0.25) is 0 Å². The predicted molar refractivity (Wildman–Crippen MR) is 81.8 cm³/mol. The second kappa shape index (κ2) is 8.74. The number of esters is 2. The first-order valence-electron chi connectivity index (χ1n) is 6.85. The zero-order chi connectivity index (χ0) is 15.7. The Kier molecular flexibility index (Phi) is 6.95. The van der Waals surface area contributed by atoms with Crippen LogP contribution in [-0.2, 0) is 14.3 Å². The molecule has 1 aromatic rings. The van der Waals surface area contributed by atoms with E-state index in [1.165, 1.54) is 6.08 Å². The second-order valence-electron chi connectivity index (χ2n) is 4.59. The highest BCUT2D eigenvalue weighted by Gasteiger charge is 2.04. The minimum Gasteiger partial charge on any atom is -0.463 e. The quantitative estimate of drug-likeness (QED) is 0.333. The number of carbonyl (C=O) groups is 2. The standard InChI is InChI=1S/C17H20O4/c1-4-5-12-20-16(18)11-8-14-6-9-15(10-7-14)21-17(19)13(2)3/h6-11H,2,4-5,12H2,1,3H3/b11-8+. The lowest BCUT2D eigenvalue weighted by Gasteiger charge is -2.03. The lowest BCUT2D eigenvalue weighted by molar-refractivity contribution is -0.137. The molecule has 0 aliphatic carbocycles. The molecule has 4 heteroatoms. The molecule has 112 valence electrons. The Hall–Kier alpha value is -2.36. The van der Waals surface area contributed by atoms with Gasteiger partial charge in [0.2, 0.25) is 0 Å². The molecule has 0 amide bonds. The largest absolute Gasteiger partial charge is 0.463 e. The highest BCUT2D eigenvalue weighted by atomic mass is 16.5. The van der Waals surface area contributed by atoms with E-state index in [2.05, 4.69) is 6.58 Å². The molecule has 0 fully saturated rings. The lowest BCUT2D eigenvalue weighted by Crippen LogP contribution is -2.07. The van der Waals surface area contributed by atoms with Crippen molar-refractivity contribution in [1.82, 2.24) is 0 Å². The molecule has 0 bridgehead atoms. The van der Waals surface area contributed by atoms with E-state index in [0.717, 1.165) is 18.4 Å². The summed E-state index contributed by atoms with van der Waals surface area (Å²) in [5.41, 5.74) is 1.16. The fraction of sp³-hybridized carbons (Fsp3) is 0.294. The summed E-state index contributed by atoms with van der Waals surface area (Å²) in [6.45, 7) is 7.57. The van der Waals surface area contributed by atoms with Gasteiger partial charge in [0.1, 0.15) is 5.75 Å². The Balaban J connectivity index is 2.52. The van der Waals surface area contributed by atoms with E-state index in [1.54, 1.807) is 37.3 Å². The summed E-state index contributed by atoms with van der Waals surface area (Å²) in [5.74, 6) is -0.385. The minimum absolute atomic E-state index is 0.341. The first kappa shape index (κ1) is 16.7. The number of rotatable bonds is 7. The Bertz CT molecular complexity index is 526. The molecule has 0 saturated carbocycles. The Morgan fingerprint density at radius 2 is 1.90 bits per heavy atom. The molecule has 0 aromatic heterocycles. The van der Waals surface area contributed by atoms with Gasteiger partial charge in [-0.2, -0.15) is 0 Å². The van der Waals surface area contributed by atoms with Crippen LogP contribution < -0.4 is 4.74 Å². The number of unbranched alkanes of at least 4 members (excludes halogenated alkanes) is 1. The van der Waals surface area contributed by atoms with Crippen LogP contribution in [0.4, 0.5) is 0 Å². The molecule has 0 atom stereocenters. The third kappa shape index (κ3) is 6.56. The molecule has 0 aliphatic rings. The first-order valence-corrected chi connectivity index (χ1v) is 6.85. The average molecular weight is 288 g/mol. The monoisotopic (exact) mass is 288 g/mol. The SMILES string of the molecule is C=C(C)C(=O)Oc1ccc(/C=C/C(=O)OCCCC)cc1. The van der Waals surface area contributed by atoms with E-state index in [9.17, 15) is 9.59 Å². The van der Waals surface area contributed by atoms with Crippen LogP contribution in [0.25, 0.3) is 6.08 Å². The molecule has 0 unspecified atom stereocenters. The van der Waals surface area contributed by atoms with E-state index in [1.807, 2.05) is 6.92 Å². The highest BCUT2D eigenvalue weighted by Crippen LogP contribution is 2.14. The van der Waals surface area contributed by atoms with Gasteiger partial charge in [0.25, 0.3) is 0 Å². The molecular formula is C17H20O4. The van der Waals surface area contributed by atoms with Gasteiger partial charge in [-0.05, 0) is 37.1 Å². The molecule has 0 saturated heterocycles. The van der Waals surface area contributed by atoms with Gasteiger partial charge >= 0.3 is 11.9 Å². The second-order valence-corrected chi connectivity index (χ2v) is 4.59. The number of carbonyl (C=O) groups excluding carboxylic acids is 2. The fourth-order valence-electron chi connectivity index (χ4n) is 1.37. The van der Waals surface area contributed by atoms with Crippen LogP contribution in [0.5, 0.6) is 5.75 Å². The smallest absolute Gasteiger partial charge is 0.338 e. The third-order valence-corrected chi connectivity index (χ3v) is 2.59. The minimum atomic E-state index is -0.460. The Labute approximate surface area is 125 Å². The highest BCUT2D eigenvalue weighted by molar-refractivity contribution is 5.89. The molecular weight excluding hydrogens is 268 g/mol. The van der Waals surface area contributed by atoms with Gasteiger partial charge in [-0.3, -0.25) is 0 Å². The maximum absolute atomic E-state index is 11.4. The van der Waals surface area contributed by atoms with Crippen LogP contribution in [0.15, 0.2) is 42.5 Å². The first-order chi connectivity index (χ1) is 10.0. The van der Waals surface area contributed by atoms with Crippen molar-refractivity contribution in [3.8, 4) is 5.75 Å². The van der Waals surface area contributed by atoms with E-state index in [0.29, 0.717) is 17.9 Å². The lowest BCUT2D eigenvalue weighted by atomic mass is 10.2. The summed E-state index contributed by atoms with van der Waals surface area (Å²) in [6.07, 6.45) is 4.88. The van der Waals surface area contributed by atoms with Gasteiger partial charge in [0.05, 0.1) is 6.61 Å². The third-order valence-electron chi connectivity index (χ3n) is 2.59. The molecule has 21 heavy (non-hydrogen) atoms. The molecule has 0 radical (unpaired) electrons. The van der Waals surface area contributed by atoms with Crippen molar-refractivity contribution in [2.75, 3.05) is 6.61 Å². The predicted octanol–water partition coefficient (Wildman–Crippen LogP) is 3.52. The summed E-state index contributed by atoms with van der Waals surface area (Å²) >= 11 is 0. The average Bonchev–Trinajstić information content (AvgIpc) is 2.46. The zero-order valence-corrected chi connectivity index (χ0v) is 12.4. The summed E-state index contributed by atoms with van der Waals surface area (Å²) < 4.78 is 10.1. The molecule has 1 aromatic carbocycles. The number of ether oxygens (including phenoxy) is 2. The van der Waals surface area contributed by atoms with Gasteiger partial charge in [-0.15, -0.1) is 0 Å².